The third-order valence-corrected chi connectivity index (χ3v) is 13.0. The zero-order chi connectivity index (χ0) is 28.8. The van der Waals surface area contributed by atoms with Gasteiger partial charge >= 0.3 is 11.9 Å². The molecule has 4 saturated carbocycles. The highest BCUT2D eigenvalue weighted by Gasteiger charge is 2.76. The van der Waals surface area contributed by atoms with Crippen molar-refractivity contribution in [1.82, 2.24) is 0 Å². The molecular formula is C33H50O6. The quantitative estimate of drug-likeness (QED) is 0.282. The first-order chi connectivity index (χ1) is 18.0. The molecule has 39 heavy (non-hydrogen) atoms. The van der Waals surface area contributed by atoms with Gasteiger partial charge in [0, 0.05) is 12.8 Å². The van der Waals surface area contributed by atoms with E-state index >= 15 is 0 Å². The third kappa shape index (κ3) is 3.94. The fraction of sp³-hybridized carbons (Fsp3) is 0.818. The van der Waals surface area contributed by atoms with E-state index in [4.69, 9.17) is 4.74 Å². The second-order valence-corrected chi connectivity index (χ2v) is 15.0. The van der Waals surface area contributed by atoms with Gasteiger partial charge in [-0.25, -0.2) is 4.79 Å². The largest absolute Gasteiger partial charge is 0.479 e. The Balaban J connectivity index is 1.80. The maximum Gasteiger partial charge on any atom is 0.336 e. The smallest absolute Gasteiger partial charge is 0.336 e. The van der Waals surface area contributed by atoms with Gasteiger partial charge in [0.2, 0.25) is 0 Å². The lowest BCUT2D eigenvalue weighted by Crippen LogP contribution is -2.72. The van der Waals surface area contributed by atoms with E-state index < -0.39 is 40.0 Å². The van der Waals surface area contributed by atoms with Crippen LogP contribution < -0.4 is 0 Å². The van der Waals surface area contributed by atoms with E-state index in [9.17, 15) is 24.9 Å². The van der Waals surface area contributed by atoms with Crippen LogP contribution in [0.25, 0.3) is 0 Å². The average Bonchev–Trinajstić information content (AvgIpc) is 3.10. The van der Waals surface area contributed by atoms with Crippen LogP contribution in [0.3, 0.4) is 0 Å². The number of aliphatic carboxylic acids is 1. The molecule has 0 aromatic heterocycles. The van der Waals surface area contributed by atoms with E-state index in [0.29, 0.717) is 32.1 Å². The van der Waals surface area contributed by atoms with E-state index in [-0.39, 0.29) is 35.6 Å². The molecular weight excluding hydrogens is 492 g/mol. The second-order valence-electron chi connectivity index (χ2n) is 15.0. The minimum Gasteiger partial charge on any atom is -0.479 e. The average molecular weight is 543 g/mol. The van der Waals surface area contributed by atoms with Crippen molar-refractivity contribution in [2.24, 2.45) is 39.9 Å². The highest BCUT2D eigenvalue weighted by atomic mass is 16.5. The van der Waals surface area contributed by atoms with Gasteiger partial charge in [-0.2, -0.15) is 0 Å². The summed E-state index contributed by atoms with van der Waals surface area (Å²) in [5, 5.41) is 35.3. The van der Waals surface area contributed by atoms with Crippen LogP contribution in [0.2, 0.25) is 0 Å². The number of rotatable bonds is 5. The molecule has 4 fully saturated rings. The Morgan fingerprint density at radius 2 is 1.69 bits per heavy atom. The predicted molar refractivity (Wildman–Crippen MR) is 150 cm³/mol. The van der Waals surface area contributed by atoms with E-state index in [1.54, 1.807) is 0 Å². The molecule has 8 rings (SSSR count). The Hall–Kier alpha value is -1.66. The molecule has 6 heteroatoms. The Kier molecular flexibility index (Phi) is 6.79. The predicted octanol–water partition coefficient (Wildman–Crippen LogP) is 6.20. The molecule has 6 nitrogen and oxygen atoms in total. The van der Waals surface area contributed by atoms with Gasteiger partial charge in [0.1, 0.15) is 6.10 Å². The summed E-state index contributed by atoms with van der Waals surface area (Å²) >= 11 is 0. The van der Waals surface area contributed by atoms with Crippen molar-refractivity contribution in [3.63, 3.8) is 0 Å². The highest BCUT2D eigenvalue weighted by Crippen LogP contribution is 2.77. The van der Waals surface area contributed by atoms with Gasteiger partial charge in [0.25, 0.3) is 0 Å². The minimum atomic E-state index is -1.89. The Morgan fingerprint density at radius 3 is 2.31 bits per heavy atom. The number of aliphatic hydroxyl groups is 2. The van der Waals surface area contributed by atoms with Gasteiger partial charge in [0.05, 0.1) is 5.60 Å². The van der Waals surface area contributed by atoms with Gasteiger partial charge in [-0.3, -0.25) is 4.79 Å². The van der Waals surface area contributed by atoms with E-state index in [1.165, 1.54) is 18.1 Å². The first kappa shape index (κ1) is 28.9. The molecule has 8 aliphatic rings. The van der Waals surface area contributed by atoms with Crippen molar-refractivity contribution in [2.75, 3.05) is 0 Å². The molecule has 218 valence electrons. The number of fused-ring (bicyclic) bond motifs is 1. The van der Waals surface area contributed by atoms with Crippen molar-refractivity contribution in [2.45, 2.75) is 130 Å². The first-order valence-corrected chi connectivity index (χ1v) is 15.2. The monoisotopic (exact) mass is 542 g/mol. The van der Waals surface area contributed by atoms with Crippen molar-refractivity contribution in [3.05, 3.63) is 22.8 Å². The number of carboxylic acid groups (broad SMARTS) is 1. The fourth-order valence-electron chi connectivity index (χ4n) is 11.1. The standard InChI is InChI=1S/C33H50O6/c1-19(2)9-8-10-22-11-14-32(37)16-15-29(5)23(20(32)3)12-13-30(6)27(29)33(38,28(35)36)17-24-26(22)25(39-21(4)34)18-31(24,30)7/h9,20,23-25,27,37-38H,8,10-18H2,1-7H3,(H,35,36)/t20-,23?,24+,25-,27?,29-,30+,31-,32+,33+/m0/s1. The number of esters is 1. The first-order valence-electron chi connectivity index (χ1n) is 15.2. The summed E-state index contributed by atoms with van der Waals surface area (Å²) in [4.78, 5) is 25.6. The zero-order valence-corrected chi connectivity index (χ0v) is 25.1. The molecule has 2 unspecified atom stereocenters. The van der Waals surface area contributed by atoms with Gasteiger partial charge in [-0.05, 0) is 118 Å². The minimum absolute atomic E-state index is 0.00903. The number of allylic oxidation sites excluding steroid dienone is 3. The van der Waals surface area contributed by atoms with Gasteiger partial charge in [-0.1, -0.05) is 44.9 Å². The molecule has 0 aliphatic heterocycles. The fourth-order valence-corrected chi connectivity index (χ4v) is 11.1. The lowest BCUT2D eigenvalue weighted by Gasteiger charge is -2.71. The lowest BCUT2D eigenvalue weighted by molar-refractivity contribution is -0.278. The molecule has 0 aromatic rings. The number of carbonyl (C=O) groups is 2. The summed E-state index contributed by atoms with van der Waals surface area (Å²) in [6.45, 7) is 14.5. The van der Waals surface area contributed by atoms with E-state index in [0.717, 1.165) is 31.3 Å². The molecule has 0 saturated heterocycles. The molecule has 0 heterocycles. The topological polar surface area (TPSA) is 104 Å². The van der Waals surface area contributed by atoms with Crippen LogP contribution in [-0.4, -0.2) is 44.6 Å². The van der Waals surface area contributed by atoms with E-state index in [1.807, 2.05) is 0 Å². The van der Waals surface area contributed by atoms with Crippen LogP contribution in [0.4, 0.5) is 0 Å². The van der Waals surface area contributed by atoms with Crippen molar-refractivity contribution in [3.8, 4) is 0 Å². The van der Waals surface area contributed by atoms with Crippen molar-refractivity contribution < 1.29 is 29.6 Å². The van der Waals surface area contributed by atoms with Crippen LogP contribution in [0.5, 0.6) is 0 Å². The van der Waals surface area contributed by atoms with Crippen LogP contribution in [0.15, 0.2) is 22.8 Å². The number of hydrogen-bond donors (Lipinski definition) is 3. The molecule has 0 radical (unpaired) electrons. The molecule has 0 amide bonds. The lowest BCUT2D eigenvalue weighted by atomic mass is 9.33. The summed E-state index contributed by atoms with van der Waals surface area (Å²) in [6, 6.07) is 0. The Bertz CT molecular complexity index is 1120. The number of ether oxygens (including phenoxy) is 1. The van der Waals surface area contributed by atoms with Gasteiger partial charge < -0.3 is 20.1 Å². The summed E-state index contributed by atoms with van der Waals surface area (Å²) in [7, 11) is 0. The van der Waals surface area contributed by atoms with Crippen LogP contribution >= 0.6 is 0 Å². The van der Waals surface area contributed by atoms with Crippen LogP contribution in [0.1, 0.15) is 113 Å². The Labute approximate surface area is 234 Å². The number of hydrogen-bond acceptors (Lipinski definition) is 5. The summed E-state index contributed by atoms with van der Waals surface area (Å²) in [5.41, 5.74) is -0.447. The molecule has 8 aliphatic carbocycles. The van der Waals surface area contributed by atoms with E-state index in [2.05, 4.69) is 47.6 Å². The number of carbonyl (C=O) groups excluding carboxylic acids is 1. The third-order valence-electron chi connectivity index (χ3n) is 13.0. The zero-order valence-electron chi connectivity index (χ0n) is 25.1. The SMILES string of the molecule is CC(=O)O[C@H]1C[C@@]2(C)[C@@H]3C[C@](O)(C(=O)O)C4[C@@]5(C)CC[C@](O)(CCC(CCC=C(C)C)=C13)[C@@H](C)C5CC[C@]42C. The summed E-state index contributed by atoms with van der Waals surface area (Å²) < 4.78 is 6.07. The second kappa shape index (κ2) is 9.17. The Morgan fingerprint density at radius 1 is 1.00 bits per heavy atom. The highest BCUT2D eigenvalue weighted by molar-refractivity contribution is 5.79. The van der Waals surface area contributed by atoms with Gasteiger partial charge in [0.15, 0.2) is 5.60 Å². The van der Waals surface area contributed by atoms with Crippen molar-refractivity contribution >= 4 is 11.9 Å². The molecule has 8 bridgehead atoms. The molecule has 10 atom stereocenters. The summed E-state index contributed by atoms with van der Waals surface area (Å²) in [6.07, 6.45) is 8.63. The maximum absolute atomic E-state index is 13.2. The van der Waals surface area contributed by atoms with Crippen LogP contribution in [-0.2, 0) is 14.3 Å². The molecule has 0 aromatic carbocycles. The summed E-state index contributed by atoms with van der Waals surface area (Å²) in [5.74, 6) is -1.96. The van der Waals surface area contributed by atoms with Crippen molar-refractivity contribution in [1.29, 1.82) is 0 Å². The molecule has 3 N–H and O–H groups in total. The number of carboxylic acids is 1. The van der Waals surface area contributed by atoms with Gasteiger partial charge in [-0.15, -0.1) is 0 Å². The molecule has 0 spiro atoms. The normalized spacial score (nSPS) is 48.5. The van der Waals surface area contributed by atoms with Crippen LogP contribution in [0, 0.1) is 39.9 Å². The maximum atomic E-state index is 13.2.